The molecule has 0 saturated carbocycles. The first kappa shape index (κ1) is 18.2. The summed E-state index contributed by atoms with van der Waals surface area (Å²) >= 11 is 0. The standard InChI is InChI=1S/C21H32N2O3/c1-24-19-6-4-18(5-7-19)14-23-12-13-25-17-21(16-23)9-8-20(26-21)15-22-10-2-3-11-22/h4-7,20H,2-3,8-17H2,1H3. The molecule has 0 aliphatic carbocycles. The molecule has 3 fully saturated rings. The Labute approximate surface area is 157 Å². The molecule has 26 heavy (non-hydrogen) atoms. The van der Waals surface area contributed by atoms with Crippen molar-refractivity contribution >= 4 is 0 Å². The minimum Gasteiger partial charge on any atom is -0.497 e. The van der Waals surface area contributed by atoms with E-state index in [1.54, 1.807) is 7.11 Å². The fourth-order valence-corrected chi connectivity index (χ4v) is 4.61. The van der Waals surface area contributed by atoms with Gasteiger partial charge in [-0.25, -0.2) is 0 Å². The molecule has 0 aromatic heterocycles. The number of ether oxygens (including phenoxy) is 3. The molecule has 5 heteroatoms. The van der Waals surface area contributed by atoms with Gasteiger partial charge in [-0.05, 0) is 56.5 Å². The number of methoxy groups -OCH3 is 1. The van der Waals surface area contributed by atoms with Crippen molar-refractivity contribution < 1.29 is 14.2 Å². The second kappa shape index (κ2) is 8.26. The van der Waals surface area contributed by atoms with Crippen LogP contribution in [-0.4, -0.2) is 74.6 Å². The molecule has 5 nitrogen and oxygen atoms in total. The van der Waals surface area contributed by atoms with E-state index in [0.717, 1.165) is 58.0 Å². The van der Waals surface area contributed by atoms with Crippen LogP contribution in [0.1, 0.15) is 31.2 Å². The zero-order valence-electron chi connectivity index (χ0n) is 16.0. The van der Waals surface area contributed by atoms with Crippen molar-refractivity contribution in [2.24, 2.45) is 0 Å². The van der Waals surface area contributed by atoms with E-state index in [4.69, 9.17) is 14.2 Å². The number of nitrogens with zero attached hydrogens (tertiary/aromatic N) is 2. The fourth-order valence-electron chi connectivity index (χ4n) is 4.61. The molecule has 1 aromatic carbocycles. The molecule has 2 unspecified atom stereocenters. The Balaban J connectivity index is 1.36. The van der Waals surface area contributed by atoms with E-state index in [9.17, 15) is 0 Å². The van der Waals surface area contributed by atoms with E-state index in [-0.39, 0.29) is 5.60 Å². The van der Waals surface area contributed by atoms with Gasteiger partial charge in [-0.1, -0.05) is 12.1 Å². The molecular weight excluding hydrogens is 328 g/mol. The largest absolute Gasteiger partial charge is 0.497 e. The van der Waals surface area contributed by atoms with Gasteiger partial charge >= 0.3 is 0 Å². The van der Waals surface area contributed by atoms with E-state index >= 15 is 0 Å². The summed E-state index contributed by atoms with van der Waals surface area (Å²) in [5.41, 5.74) is 1.20. The molecule has 3 saturated heterocycles. The quantitative estimate of drug-likeness (QED) is 0.806. The van der Waals surface area contributed by atoms with Gasteiger partial charge in [-0.15, -0.1) is 0 Å². The van der Waals surface area contributed by atoms with Gasteiger partial charge in [0.1, 0.15) is 11.4 Å². The lowest BCUT2D eigenvalue weighted by Crippen LogP contribution is -2.45. The van der Waals surface area contributed by atoms with Crippen LogP contribution in [0.3, 0.4) is 0 Å². The van der Waals surface area contributed by atoms with Gasteiger partial charge < -0.3 is 19.1 Å². The van der Waals surface area contributed by atoms with E-state index < -0.39 is 0 Å². The van der Waals surface area contributed by atoms with Crippen molar-refractivity contribution in [3.8, 4) is 5.75 Å². The lowest BCUT2D eigenvalue weighted by Gasteiger charge is -2.32. The maximum absolute atomic E-state index is 6.61. The van der Waals surface area contributed by atoms with Gasteiger partial charge in [0.2, 0.25) is 0 Å². The van der Waals surface area contributed by atoms with Crippen LogP contribution in [0.5, 0.6) is 5.75 Å². The summed E-state index contributed by atoms with van der Waals surface area (Å²) in [6.45, 7) is 7.99. The van der Waals surface area contributed by atoms with E-state index in [1.165, 1.54) is 31.5 Å². The van der Waals surface area contributed by atoms with Crippen LogP contribution < -0.4 is 4.74 Å². The minimum absolute atomic E-state index is 0.118. The topological polar surface area (TPSA) is 34.2 Å². The third-order valence-corrected chi connectivity index (χ3v) is 5.99. The first-order valence-electron chi connectivity index (χ1n) is 10.1. The van der Waals surface area contributed by atoms with Crippen molar-refractivity contribution in [1.29, 1.82) is 0 Å². The Hall–Kier alpha value is -1.14. The van der Waals surface area contributed by atoms with E-state index in [1.807, 2.05) is 12.1 Å². The Bertz CT molecular complexity index is 573. The third kappa shape index (κ3) is 4.39. The summed E-state index contributed by atoms with van der Waals surface area (Å²) in [7, 11) is 1.71. The number of hydrogen-bond acceptors (Lipinski definition) is 5. The van der Waals surface area contributed by atoms with Crippen LogP contribution >= 0.6 is 0 Å². The first-order chi connectivity index (χ1) is 12.7. The smallest absolute Gasteiger partial charge is 0.118 e. The van der Waals surface area contributed by atoms with Gasteiger partial charge in [0.25, 0.3) is 0 Å². The minimum atomic E-state index is -0.118. The predicted molar refractivity (Wildman–Crippen MR) is 102 cm³/mol. The number of hydrogen-bond donors (Lipinski definition) is 0. The average Bonchev–Trinajstić information content (AvgIpc) is 3.25. The van der Waals surface area contributed by atoms with Crippen LogP contribution in [0.25, 0.3) is 0 Å². The molecular formula is C21H32N2O3. The first-order valence-corrected chi connectivity index (χ1v) is 10.1. The maximum Gasteiger partial charge on any atom is 0.118 e. The summed E-state index contributed by atoms with van der Waals surface area (Å²) in [4.78, 5) is 5.06. The molecule has 4 rings (SSSR count). The van der Waals surface area contributed by atoms with Crippen LogP contribution in [0.2, 0.25) is 0 Å². The SMILES string of the molecule is COc1ccc(CN2CCOCC3(CCC(CN4CCCC4)O3)C2)cc1. The molecule has 144 valence electrons. The second-order valence-corrected chi connectivity index (χ2v) is 8.08. The summed E-state index contributed by atoms with van der Waals surface area (Å²) < 4.78 is 17.8. The van der Waals surface area contributed by atoms with Crippen LogP contribution in [-0.2, 0) is 16.0 Å². The van der Waals surface area contributed by atoms with Crippen molar-refractivity contribution in [2.75, 3.05) is 53.0 Å². The molecule has 1 aromatic rings. The maximum atomic E-state index is 6.61. The highest BCUT2D eigenvalue weighted by Gasteiger charge is 2.43. The van der Waals surface area contributed by atoms with E-state index in [2.05, 4.69) is 21.9 Å². The summed E-state index contributed by atoms with van der Waals surface area (Å²) in [6.07, 6.45) is 5.34. The molecule has 3 aliphatic heterocycles. The lowest BCUT2D eigenvalue weighted by molar-refractivity contribution is -0.0913. The summed E-state index contributed by atoms with van der Waals surface area (Å²) in [5.74, 6) is 0.910. The van der Waals surface area contributed by atoms with Crippen molar-refractivity contribution in [3.05, 3.63) is 29.8 Å². The van der Waals surface area contributed by atoms with Crippen LogP contribution in [0, 0.1) is 0 Å². The Kier molecular flexibility index (Phi) is 5.79. The van der Waals surface area contributed by atoms with Crippen LogP contribution in [0.15, 0.2) is 24.3 Å². The Morgan fingerprint density at radius 2 is 1.92 bits per heavy atom. The van der Waals surface area contributed by atoms with Gasteiger partial charge in [0.05, 0.1) is 26.4 Å². The van der Waals surface area contributed by atoms with Gasteiger partial charge in [0, 0.05) is 26.2 Å². The normalized spacial score (nSPS) is 30.7. The molecule has 0 N–H and O–H groups in total. The molecule has 1 spiro atoms. The highest BCUT2D eigenvalue weighted by molar-refractivity contribution is 5.27. The molecule has 0 bridgehead atoms. The number of benzene rings is 1. The zero-order chi connectivity index (χ0) is 17.8. The Morgan fingerprint density at radius 1 is 1.12 bits per heavy atom. The van der Waals surface area contributed by atoms with Gasteiger partial charge in [-0.3, -0.25) is 4.90 Å². The Morgan fingerprint density at radius 3 is 2.69 bits per heavy atom. The molecule has 3 heterocycles. The lowest BCUT2D eigenvalue weighted by atomic mass is 9.99. The monoisotopic (exact) mass is 360 g/mol. The highest BCUT2D eigenvalue weighted by atomic mass is 16.6. The molecule has 2 atom stereocenters. The zero-order valence-corrected chi connectivity index (χ0v) is 16.0. The molecule has 3 aliphatic rings. The third-order valence-electron chi connectivity index (χ3n) is 5.99. The molecule has 0 radical (unpaired) electrons. The van der Waals surface area contributed by atoms with E-state index in [0.29, 0.717) is 6.10 Å². The predicted octanol–water partition coefficient (Wildman–Crippen LogP) is 2.54. The number of rotatable bonds is 5. The second-order valence-electron chi connectivity index (χ2n) is 8.08. The summed E-state index contributed by atoms with van der Waals surface area (Å²) in [5, 5.41) is 0. The van der Waals surface area contributed by atoms with Crippen LogP contribution in [0.4, 0.5) is 0 Å². The average molecular weight is 360 g/mol. The summed E-state index contributed by atoms with van der Waals surface area (Å²) in [6, 6.07) is 8.39. The fraction of sp³-hybridized carbons (Fsp3) is 0.714. The molecule has 0 amide bonds. The van der Waals surface area contributed by atoms with Crippen molar-refractivity contribution in [1.82, 2.24) is 9.80 Å². The van der Waals surface area contributed by atoms with Crippen molar-refractivity contribution in [3.63, 3.8) is 0 Å². The highest BCUT2D eigenvalue weighted by Crippen LogP contribution is 2.34. The number of likely N-dealkylation sites (tertiary alicyclic amines) is 1. The van der Waals surface area contributed by atoms with Crippen molar-refractivity contribution in [2.45, 2.75) is 43.9 Å². The van der Waals surface area contributed by atoms with Gasteiger partial charge in [0.15, 0.2) is 0 Å². The van der Waals surface area contributed by atoms with Gasteiger partial charge in [-0.2, -0.15) is 0 Å².